The Morgan fingerprint density at radius 3 is 1.14 bits per heavy atom. The average molecular weight is 390 g/mol. The molecule has 0 unspecified atom stereocenters. The predicted molar refractivity (Wildman–Crippen MR) is 88.9 cm³/mol. The maximum absolute atomic E-state index is 12.1. The number of carbonyl (C=O) groups excluding carboxylic acids is 2. The van der Waals surface area contributed by atoms with Crippen LogP contribution >= 0.6 is 0 Å². The number of benzene rings is 2. The molecule has 0 aliphatic heterocycles. The van der Waals surface area contributed by atoms with E-state index >= 15 is 0 Å². The Morgan fingerprint density at radius 2 is 0.893 bits per heavy atom. The van der Waals surface area contributed by atoms with Crippen LogP contribution in [0.2, 0.25) is 0 Å². The van der Waals surface area contributed by atoms with E-state index in [1.165, 1.54) is 60.7 Å². The lowest BCUT2D eigenvalue weighted by atomic mass is 10.1. The van der Waals surface area contributed by atoms with Gasteiger partial charge in [-0.3, -0.25) is 0 Å². The van der Waals surface area contributed by atoms with Gasteiger partial charge in [-0.05, 0) is 24.3 Å². The summed E-state index contributed by atoms with van der Waals surface area (Å²) < 4.78 is 8.72. The first kappa shape index (κ1) is 20.6. The van der Waals surface area contributed by atoms with Crippen molar-refractivity contribution in [2.75, 3.05) is 0 Å². The van der Waals surface area contributed by atoms with Gasteiger partial charge in [-0.2, -0.15) is 0 Å². The first-order valence-corrected chi connectivity index (χ1v) is 7.60. The number of rotatable bonds is 7. The third kappa shape index (κ3) is 3.82. The quantitative estimate of drug-likeness (QED) is 0.380. The number of esters is 2. The standard InChI is InChI=1S/C18H14O10/c19-13(11-7-3-1-4-8-11)27-17(25,15(21)22)18(26,16(23)24)28-14(20)12-9-5-2-6-10-12/h1-10,25-26H,(H,21,22)(H,23,24)/t17-,18-/m0/s1. The van der Waals surface area contributed by atoms with Gasteiger partial charge in [0, 0.05) is 0 Å². The zero-order valence-corrected chi connectivity index (χ0v) is 14.0. The number of hydrogen-bond acceptors (Lipinski definition) is 8. The molecule has 2 atom stereocenters. The Labute approximate surface area is 157 Å². The van der Waals surface area contributed by atoms with Gasteiger partial charge in [-0.25, -0.2) is 19.2 Å². The summed E-state index contributed by atoms with van der Waals surface area (Å²) in [6, 6.07) is 13.3. The molecule has 2 aromatic rings. The van der Waals surface area contributed by atoms with Gasteiger partial charge in [0.1, 0.15) is 0 Å². The molecule has 10 heteroatoms. The third-order valence-corrected chi connectivity index (χ3v) is 3.54. The summed E-state index contributed by atoms with van der Waals surface area (Å²) in [5, 5.41) is 39.0. The van der Waals surface area contributed by atoms with E-state index in [-0.39, 0.29) is 11.1 Å². The molecule has 0 bridgehead atoms. The van der Waals surface area contributed by atoms with Crippen molar-refractivity contribution < 1.29 is 49.1 Å². The minimum absolute atomic E-state index is 0.260. The maximum Gasteiger partial charge on any atom is 0.389 e. The second-order valence-electron chi connectivity index (χ2n) is 5.41. The highest BCUT2D eigenvalue weighted by atomic mass is 16.8. The van der Waals surface area contributed by atoms with Crippen LogP contribution in [0.25, 0.3) is 0 Å². The minimum Gasteiger partial charge on any atom is -0.476 e. The molecule has 0 heterocycles. The Kier molecular flexibility index (Phi) is 5.77. The number of aliphatic carboxylic acids is 2. The SMILES string of the molecule is O=C(O[C@@](O)(C(=O)O)[C@@](O)(OC(=O)c1ccccc1)C(=O)O)c1ccccc1. The molecule has 4 N–H and O–H groups in total. The lowest BCUT2D eigenvalue weighted by Crippen LogP contribution is -2.67. The molecule has 2 rings (SSSR count). The highest BCUT2D eigenvalue weighted by Gasteiger charge is 2.68. The molecule has 10 nitrogen and oxygen atoms in total. The van der Waals surface area contributed by atoms with Crippen LogP contribution in [0.1, 0.15) is 20.7 Å². The molecule has 0 saturated carbocycles. The number of carbonyl (C=O) groups is 4. The fraction of sp³-hybridized carbons (Fsp3) is 0.111. The average Bonchev–Trinajstić information content (AvgIpc) is 2.68. The molecule has 0 fully saturated rings. The second kappa shape index (κ2) is 7.86. The minimum atomic E-state index is -4.16. The fourth-order valence-electron chi connectivity index (χ4n) is 2.05. The highest BCUT2D eigenvalue weighted by molar-refractivity contribution is 5.97. The molecular weight excluding hydrogens is 376 g/mol. The zero-order chi connectivity index (χ0) is 20.9. The smallest absolute Gasteiger partial charge is 0.389 e. The van der Waals surface area contributed by atoms with E-state index < -0.39 is 35.5 Å². The number of carboxylic acid groups (broad SMARTS) is 2. The lowest BCUT2D eigenvalue weighted by molar-refractivity contribution is -0.328. The Bertz CT molecular complexity index is 820. The summed E-state index contributed by atoms with van der Waals surface area (Å²) in [7, 11) is 0. The normalized spacial score (nSPS) is 14.8. The Morgan fingerprint density at radius 1 is 0.607 bits per heavy atom. The number of hydrogen-bond donors (Lipinski definition) is 4. The second-order valence-corrected chi connectivity index (χ2v) is 5.41. The molecule has 2 aromatic carbocycles. The van der Waals surface area contributed by atoms with Crippen LogP contribution in [0.4, 0.5) is 0 Å². The van der Waals surface area contributed by atoms with Crippen LogP contribution in [0.5, 0.6) is 0 Å². The van der Waals surface area contributed by atoms with Crippen molar-refractivity contribution in [3.63, 3.8) is 0 Å². The molecule has 0 amide bonds. The van der Waals surface area contributed by atoms with E-state index in [1.54, 1.807) is 0 Å². The topological polar surface area (TPSA) is 168 Å². The fourth-order valence-corrected chi connectivity index (χ4v) is 2.05. The van der Waals surface area contributed by atoms with Crippen LogP contribution < -0.4 is 0 Å². The van der Waals surface area contributed by atoms with Gasteiger partial charge in [0.2, 0.25) is 0 Å². The van der Waals surface area contributed by atoms with Gasteiger partial charge >= 0.3 is 35.5 Å². The molecule has 0 aliphatic rings. The third-order valence-electron chi connectivity index (χ3n) is 3.54. The van der Waals surface area contributed by atoms with Gasteiger partial charge in [0.05, 0.1) is 11.1 Å². The Balaban J connectivity index is 2.42. The predicted octanol–water partition coefficient (Wildman–Crippen LogP) is 0.247. The maximum atomic E-state index is 12.1. The monoisotopic (exact) mass is 390 g/mol. The largest absolute Gasteiger partial charge is 0.476 e. The van der Waals surface area contributed by atoms with Gasteiger partial charge in [0.25, 0.3) is 0 Å². The van der Waals surface area contributed by atoms with Crippen molar-refractivity contribution in [3.8, 4) is 0 Å². The van der Waals surface area contributed by atoms with E-state index in [9.17, 15) is 39.6 Å². The van der Waals surface area contributed by atoms with Crippen molar-refractivity contribution in [2.24, 2.45) is 0 Å². The molecule has 0 radical (unpaired) electrons. The van der Waals surface area contributed by atoms with Crippen LogP contribution in [-0.2, 0) is 19.1 Å². The number of carboxylic acids is 2. The van der Waals surface area contributed by atoms with E-state index in [4.69, 9.17) is 0 Å². The van der Waals surface area contributed by atoms with Crippen LogP contribution in [-0.4, -0.2) is 55.9 Å². The van der Waals surface area contributed by atoms with Crippen molar-refractivity contribution in [1.29, 1.82) is 0 Å². The van der Waals surface area contributed by atoms with Crippen LogP contribution in [0.3, 0.4) is 0 Å². The first-order valence-electron chi connectivity index (χ1n) is 7.60. The summed E-state index contributed by atoms with van der Waals surface area (Å²) in [6.45, 7) is 0. The first-order chi connectivity index (χ1) is 13.1. The van der Waals surface area contributed by atoms with Crippen LogP contribution in [0, 0.1) is 0 Å². The lowest BCUT2D eigenvalue weighted by Gasteiger charge is -2.34. The van der Waals surface area contributed by atoms with E-state index in [0.29, 0.717) is 0 Å². The molecule has 0 saturated heterocycles. The van der Waals surface area contributed by atoms with Gasteiger partial charge in [-0.1, -0.05) is 36.4 Å². The number of aliphatic hydroxyl groups is 2. The van der Waals surface area contributed by atoms with E-state index in [1.807, 2.05) is 0 Å². The zero-order valence-electron chi connectivity index (χ0n) is 14.0. The van der Waals surface area contributed by atoms with Gasteiger partial charge in [-0.15, -0.1) is 0 Å². The van der Waals surface area contributed by atoms with Crippen LogP contribution in [0.15, 0.2) is 60.7 Å². The molecular formula is C18H14O10. The molecule has 0 aliphatic carbocycles. The highest BCUT2D eigenvalue weighted by Crippen LogP contribution is 2.29. The van der Waals surface area contributed by atoms with Crippen molar-refractivity contribution >= 4 is 23.9 Å². The van der Waals surface area contributed by atoms with E-state index in [0.717, 1.165) is 0 Å². The summed E-state index contributed by atoms with van der Waals surface area (Å²) in [4.78, 5) is 47.2. The van der Waals surface area contributed by atoms with Crippen molar-refractivity contribution in [1.82, 2.24) is 0 Å². The Hall–Kier alpha value is -3.76. The molecule has 0 aromatic heterocycles. The molecule has 146 valence electrons. The van der Waals surface area contributed by atoms with Crippen molar-refractivity contribution in [2.45, 2.75) is 11.6 Å². The summed E-state index contributed by atoms with van der Waals surface area (Å²) >= 11 is 0. The molecule has 0 spiro atoms. The summed E-state index contributed by atoms with van der Waals surface area (Å²) in [5.74, 6) is -16.3. The van der Waals surface area contributed by atoms with E-state index in [2.05, 4.69) is 9.47 Å². The van der Waals surface area contributed by atoms with Crippen molar-refractivity contribution in [3.05, 3.63) is 71.8 Å². The van der Waals surface area contributed by atoms with Gasteiger partial charge in [0.15, 0.2) is 0 Å². The summed E-state index contributed by atoms with van der Waals surface area (Å²) in [5.41, 5.74) is -0.520. The summed E-state index contributed by atoms with van der Waals surface area (Å²) in [6.07, 6.45) is 0. The molecule has 28 heavy (non-hydrogen) atoms. The number of ether oxygens (including phenoxy) is 2. The van der Waals surface area contributed by atoms with Gasteiger partial charge < -0.3 is 29.9 Å².